The number of nitrogens with two attached hydrogens (primary N) is 1. The van der Waals surface area contributed by atoms with E-state index >= 15 is 0 Å². The molecule has 3 amide bonds. The van der Waals surface area contributed by atoms with Gasteiger partial charge in [0.05, 0.1) is 11.7 Å². The molecule has 8 nitrogen and oxygen atoms in total. The van der Waals surface area contributed by atoms with E-state index in [-0.39, 0.29) is 5.91 Å². The smallest absolute Gasteiger partial charge is 0.408 e. The number of benzene rings is 2. The average Bonchev–Trinajstić information content (AvgIpc) is 3.32. The van der Waals surface area contributed by atoms with Crippen LogP contribution in [0, 0.1) is 0 Å². The number of rotatable bonds is 10. The molecule has 0 bridgehead atoms. The lowest BCUT2D eigenvalue weighted by Gasteiger charge is -2.25. The predicted octanol–water partition coefficient (Wildman–Crippen LogP) is 4.34. The first-order valence-electron chi connectivity index (χ1n) is 12.2. The van der Waals surface area contributed by atoms with Crippen LogP contribution in [0.2, 0.25) is 0 Å². The van der Waals surface area contributed by atoms with E-state index in [1.165, 1.54) is 11.3 Å². The Morgan fingerprint density at radius 1 is 0.973 bits per heavy atom. The SMILES string of the molecule is CCc1csc([C@H](Cc2ccc(C(N)=O)cc2)NC(=O)[C@@H](Cc2ccccc2)NC(=O)OC(C)(C)C)n1. The van der Waals surface area contributed by atoms with Gasteiger partial charge in [-0.25, -0.2) is 9.78 Å². The first kappa shape index (κ1) is 27.9. The normalized spacial score (nSPS) is 12.9. The Bertz CT molecular complexity index is 1200. The Hall–Kier alpha value is -3.72. The Balaban J connectivity index is 1.84. The van der Waals surface area contributed by atoms with Gasteiger partial charge in [0.25, 0.3) is 0 Å². The maximum atomic E-state index is 13.6. The highest BCUT2D eigenvalue weighted by Crippen LogP contribution is 2.23. The largest absolute Gasteiger partial charge is 0.444 e. The van der Waals surface area contributed by atoms with Crippen LogP contribution in [0.3, 0.4) is 0 Å². The maximum absolute atomic E-state index is 13.6. The highest BCUT2D eigenvalue weighted by molar-refractivity contribution is 7.09. The number of thiazole rings is 1. The van der Waals surface area contributed by atoms with Gasteiger partial charge >= 0.3 is 6.09 Å². The van der Waals surface area contributed by atoms with Crippen molar-refractivity contribution in [3.05, 3.63) is 87.4 Å². The van der Waals surface area contributed by atoms with Crippen molar-refractivity contribution >= 4 is 29.2 Å². The summed E-state index contributed by atoms with van der Waals surface area (Å²) in [7, 11) is 0. The van der Waals surface area contributed by atoms with E-state index in [1.54, 1.807) is 32.9 Å². The summed E-state index contributed by atoms with van der Waals surface area (Å²) in [5.74, 6) is -0.845. The molecule has 1 heterocycles. The van der Waals surface area contributed by atoms with Crippen LogP contribution in [-0.2, 0) is 28.8 Å². The third kappa shape index (κ3) is 8.71. The zero-order valence-corrected chi connectivity index (χ0v) is 22.4. The van der Waals surface area contributed by atoms with Crippen molar-refractivity contribution in [3.63, 3.8) is 0 Å². The summed E-state index contributed by atoms with van der Waals surface area (Å²) in [5.41, 5.74) is 7.83. The van der Waals surface area contributed by atoms with Gasteiger partial charge < -0.3 is 21.1 Å². The molecule has 3 rings (SSSR count). The van der Waals surface area contributed by atoms with Gasteiger partial charge in [0.2, 0.25) is 11.8 Å². The molecule has 4 N–H and O–H groups in total. The Labute approximate surface area is 221 Å². The third-order valence-corrected chi connectivity index (χ3v) is 6.52. The van der Waals surface area contributed by atoms with Gasteiger partial charge in [0.1, 0.15) is 16.7 Å². The first-order chi connectivity index (χ1) is 17.5. The minimum absolute atomic E-state index is 0.296. The van der Waals surface area contributed by atoms with Crippen LogP contribution in [0.15, 0.2) is 60.0 Å². The molecule has 2 aromatic carbocycles. The quantitative estimate of drug-likeness (QED) is 0.365. The number of hydrogen-bond acceptors (Lipinski definition) is 6. The van der Waals surface area contributed by atoms with Crippen LogP contribution in [-0.4, -0.2) is 34.5 Å². The molecule has 0 radical (unpaired) electrons. The van der Waals surface area contributed by atoms with Crippen molar-refractivity contribution < 1.29 is 19.1 Å². The summed E-state index contributed by atoms with van der Waals surface area (Å²) >= 11 is 1.48. The Morgan fingerprint density at radius 2 is 1.62 bits per heavy atom. The van der Waals surface area contributed by atoms with Crippen molar-refractivity contribution in [1.29, 1.82) is 0 Å². The van der Waals surface area contributed by atoms with Crippen molar-refractivity contribution in [3.8, 4) is 0 Å². The Kier molecular flexibility index (Phi) is 9.41. The number of ether oxygens (including phenoxy) is 1. The lowest BCUT2D eigenvalue weighted by molar-refractivity contribution is -0.124. The number of aryl methyl sites for hydroxylation is 1. The topological polar surface area (TPSA) is 123 Å². The van der Waals surface area contributed by atoms with Crippen LogP contribution in [0.4, 0.5) is 4.79 Å². The van der Waals surface area contributed by atoms with E-state index in [1.807, 2.05) is 54.8 Å². The molecule has 0 unspecified atom stereocenters. The molecule has 0 saturated carbocycles. The fourth-order valence-corrected chi connectivity index (χ4v) is 4.62. The Morgan fingerprint density at radius 3 is 2.19 bits per heavy atom. The lowest BCUT2D eigenvalue weighted by Crippen LogP contribution is -2.50. The summed E-state index contributed by atoms with van der Waals surface area (Å²) in [6.45, 7) is 7.33. The number of nitrogens with one attached hydrogen (secondary N) is 2. The molecule has 0 aliphatic carbocycles. The predicted molar refractivity (Wildman–Crippen MR) is 144 cm³/mol. The van der Waals surface area contributed by atoms with Gasteiger partial charge in [-0.3, -0.25) is 9.59 Å². The summed E-state index contributed by atoms with van der Waals surface area (Å²) in [6.07, 6.45) is 0.863. The third-order valence-electron chi connectivity index (χ3n) is 5.51. The van der Waals surface area contributed by atoms with Crippen molar-refractivity contribution in [1.82, 2.24) is 15.6 Å². The van der Waals surface area contributed by atoms with Crippen LogP contribution in [0.1, 0.15) is 65.9 Å². The molecular weight excluding hydrogens is 488 g/mol. The molecular formula is C28H34N4O4S. The number of carbonyl (C=O) groups excluding carboxylic acids is 3. The summed E-state index contributed by atoms with van der Waals surface area (Å²) in [4.78, 5) is 42.3. The van der Waals surface area contributed by atoms with Gasteiger partial charge in [-0.05, 0) is 56.9 Å². The molecule has 1 aromatic heterocycles. The zero-order valence-electron chi connectivity index (χ0n) is 21.6. The number of nitrogens with zero attached hydrogens (tertiary/aromatic N) is 1. The highest BCUT2D eigenvalue weighted by Gasteiger charge is 2.28. The number of hydrogen-bond donors (Lipinski definition) is 3. The van der Waals surface area contributed by atoms with Crippen molar-refractivity contribution in [2.45, 2.75) is 64.6 Å². The minimum Gasteiger partial charge on any atom is -0.444 e. The minimum atomic E-state index is -0.859. The number of amides is 3. The van der Waals surface area contributed by atoms with E-state index in [4.69, 9.17) is 15.5 Å². The van der Waals surface area contributed by atoms with Crippen LogP contribution < -0.4 is 16.4 Å². The molecule has 0 spiro atoms. The molecule has 0 fully saturated rings. The van der Waals surface area contributed by atoms with Crippen LogP contribution in [0.25, 0.3) is 0 Å². The number of aromatic nitrogens is 1. The van der Waals surface area contributed by atoms with E-state index in [0.29, 0.717) is 18.4 Å². The fourth-order valence-electron chi connectivity index (χ4n) is 3.67. The second-order valence-corrected chi connectivity index (χ2v) is 10.6. The summed E-state index contributed by atoms with van der Waals surface area (Å²) in [6, 6.07) is 15.1. The van der Waals surface area contributed by atoms with Gasteiger partial charge in [-0.1, -0.05) is 49.4 Å². The zero-order chi connectivity index (χ0) is 27.0. The second kappa shape index (κ2) is 12.5. The standard InChI is InChI=1S/C28H34N4O4S/c1-5-21-17-37-26(30-21)23(16-19-11-13-20(14-12-19)24(29)33)31-25(34)22(15-18-9-7-6-8-10-18)32-27(35)36-28(2,3)4/h6-14,17,22-23H,5,15-16H2,1-4H3,(H2,29,33)(H,31,34)(H,32,35)/t22-,23+/m1/s1. The van der Waals surface area contributed by atoms with Gasteiger partial charge in [0.15, 0.2) is 0 Å². The first-order valence-corrected chi connectivity index (χ1v) is 13.1. The summed E-state index contributed by atoms with van der Waals surface area (Å²) in [5, 5.41) is 8.57. The molecule has 196 valence electrons. The van der Waals surface area contributed by atoms with Gasteiger partial charge in [-0.2, -0.15) is 0 Å². The van der Waals surface area contributed by atoms with Gasteiger partial charge in [0, 0.05) is 17.4 Å². The lowest BCUT2D eigenvalue weighted by atomic mass is 10.0. The highest BCUT2D eigenvalue weighted by atomic mass is 32.1. The van der Waals surface area contributed by atoms with E-state index in [9.17, 15) is 14.4 Å². The van der Waals surface area contributed by atoms with Crippen LogP contribution in [0.5, 0.6) is 0 Å². The monoisotopic (exact) mass is 522 g/mol. The maximum Gasteiger partial charge on any atom is 0.408 e. The second-order valence-electron chi connectivity index (χ2n) is 9.75. The number of primary amides is 1. The number of carbonyl (C=O) groups is 3. The van der Waals surface area contributed by atoms with E-state index in [2.05, 4.69) is 10.6 Å². The molecule has 0 aliphatic heterocycles. The average molecular weight is 523 g/mol. The molecule has 0 aliphatic rings. The fraction of sp³-hybridized carbons (Fsp3) is 0.357. The van der Waals surface area contributed by atoms with Crippen molar-refractivity contribution in [2.24, 2.45) is 5.73 Å². The molecule has 0 saturated heterocycles. The number of alkyl carbamates (subject to hydrolysis) is 1. The van der Waals surface area contributed by atoms with Crippen molar-refractivity contribution in [2.75, 3.05) is 0 Å². The van der Waals surface area contributed by atoms with Crippen LogP contribution >= 0.6 is 11.3 Å². The summed E-state index contributed by atoms with van der Waals surface area (Å²) < 4.78 is 5.41. The van der Waals surface area contributed by atoms with Gasteiger partial charge in [-0.15, -0.1) is 11.3 Å². The molecule has 9 heteroatoms. The van der Waals surface area contributed by atoms with E-state index in [0.717, 1.165) is 28.2 Å². The molecule has 37 heavy (non-hydrogen) atoms. The van der Waals surface area contributed by atoms with E-state index < -0.39 is 29.7 Å². The molecule has 2 atom stereocenters. The molecule has 3 aromatic rings.